The Balaban J connectivity index is 1.45. The average molecular weight is 417 g/mol. The Hall–Kier alpha value is -2.95. The number of rotatable bonds is 6. The molecule has 3 nitrogen and oxygen atoms in total. The van der Waals surface area contributed by atoms with Crippen LogP contribution in [-0.4, -0.2) is 15.0 Å². The third-order valence-corrected chi connectivity index (χ3v) is 6.55. The van der Waals surface area contributed by atoms with Gasteiger partial charge in [0.15, 0.2) is 0 Å². The first-order valence-corrected chi connectivity index (χ1v) is 11.4. The van der Waals surface area contributed by atoms with Crippen LogP contribution in [0.5, 0.6) is 0 Å². The van der Waals surface area contributed by atoms with E-state index in [1.165, 1.54) is 16.7 Å². The largest absolute Gasteiger partial charge is 0.296 e. The number of fused-ring (bicyclic) bond motifs is 1. The van der Waals surface area contributed by atoms with Crippen LogP contribution in [0, 0.1) is 13.8 Å². The van der Waals surface area contributed by atoms with E-state index in [0.717, 1.165) is 21.9 Å². The highest BCUT2D eigenvalue weighted by Crippen LogP contribution is 2.26. The van der Waals surface area contributed by atoms with E-state index in [4.69, 9.17) is 4.18 Å². The maximum Gasteiger partial charge on any atom is 0.296 e. The smallest absolute Gasteiger partial charge is 0.266 e. The highest BCUT2D eigenvalue weighted by molar-refractivity contribution is 7.86. The molecule has 4 rings (SSSR count). The van der Waals surface area contributed by atoms with E-state index in [9.17, 15) is 8.42 Å². The zero-order valence-electron chi connectivity index (χ0n) is 17.1. The fourth-order valence-corrected chi connectivity index (χ4v) is 4.33. The van der Waals surface area contributed by atoms with Crippen LogP contribution in [0.4, 0.5) is 0 Å². The quantitative estimate of drug-likeness (QED) is 0.358. The summed E-state index contributed by atoms with van der Waals surface area (Å²) in [5.74, 6) is 0. The van der Waals surface area contributed by atoms with Gasteiger partial charge in [-0.1, -0.05) is 77.9 Å². The van der Waals surface area contributed by atoms with Gasteiger partial charge in [-0.3, -0.25) is 4.18 Å². The second kappa shape index (κ2) is 8.42. The van der Waals surface area contributed by atoms with E-state index < -0.39 is 10.1 Å². The van der Waals surface area contributed by atoms with Crippen molar-refractivity contribution >= 4 is 20.9 Å². The minimum absolute atomic E-state index is 0.114. The minimum Gasteiger partial charge on any atom is -0.266 e. The molecule has 0 aromatic heterocycles. The molecule has 0 aliphatic carbocycles. The van der Waals surface area contributed by atoms with Crippen LogP contribution in [0.15, 0.2) is 89.8 Å². The Morgan fingerprint density at radius 3 is 1.93 bits per heavy atom. The molecule has 0 saturated heterocycles. The van der Waals surface area contributed by atoms with Gasteiger partial charge >= 0.3 is 0 Å². The molecule has 30 heavy (non-hydrogen) atoms. The predicted octanol–water partition coefficient (Wildman–Crippen LogP) is 6.07. The molecule has 4 aromatic rings. The molecular weight excluding hydrogens is 392 g/mol. The third-order valence-electron chi connectivity index (χ3n) is 5.23. The Morgan fingerprint density at radius 2 is 1.23 bits per heavy atom. The summed E-state index contributed by atoms with van der Waals surface area (Å²) in [7, 11) is -3.73. The summed E-state index contributed by atoms with van der Waals surface area (Å²) in [6, 6.07) is 27.8. The van der Waals surface area contributed by atoms with Crippen molar-refractivity contribution in [3.05, 3.63) is 102 Å². The lowest BCUT2D eigenvalue weighted by atomic mass is 9.99. The van der Waals surface area contributed by atoms with Gasteiger partial charge in [-0.25, -0.2) is 0 Å². The van der Waals surface area contributed by atoms with Crippen LogP contribution in [0.25, 0.3) is 21.9 Å². The van der Waals surface area contributed by atoms with E-state index >= 15 is 0 Å². The van der Waals surface area contributed by atoms with Crippen molar-refractivity contribution in [3.63, 3.8) is 0 Å². The van der Waals surface area contributed by atoms with Crippen LogP contribution in [0.2, 0.25) is 0 Å². The number of benzene rings is 4. The molecule has 4 aromatic carbocycles. The van der Waals surface area contributed by atoms with Gasteiger partial charge < -0.3 is 0 Å². The molecule has 0 saturated carbocycles. The average Bonchev–Trinajstić information content (AvgIpc) is 2.74. The highest BCUT2D eigenvalue weighted by Gasteiger charge is 2.14. The van der Waals surface area contributed by atoms with Gasteiger partial charge in [0.1, 0.15) is 0 Å². The van der Waals surface area contributed by atoms with Gasteiger partial charge in [0, 0.05) is 0 Å². The van der Waals surface area contributed by atoms with Crippen molar-refractivity contribution < 1.29 is 12.6 Å². The first-order chi connectivity index (χ1) is 14.4. The van der Waals surface area contributed by atoms with E-state index in [-0.39, 0.29) is 11.5 Å². The van der Waals surface area contributed by atoms with E-state index in [1.54, 1.807) is 24.3 Å². The second-order valence-electron chi connectivity index (χ2n) is 7.60. The molecule has 0 amide bonds. The number of aryl methyl sites for hydroxylation is 2. The van der Waals surface area contributed by atoms with Crippen molar-refractivity contribution in [1.29, 1.82) is 0 Å². The SMILES string of the molecule is Cc1ccc(-c2ccc3cc(CCOS(=O)(=O)c4ccc(C)cc4)ccc3c2)cc1. The molecule has 0 heterocycles. The lowest BCUT2D eigenvalue weighted by molar-refractivity contribution is 0.322. The predicted molar refractivity (Wildman–Crippen MR) is 122 cm³/mol. The molecule has 0 N–H and O–H groups in total. The molecule has 4 heteroatoms. The van der Waals surface area contributed by atoms with Crippen molar-refractivity contribution in [1.82, 2.24) is 0 Å². The first kappa shape index (κ1) is 20.3. The van der Waals surface area contributed by atoms with Crippen LogP contribution >= 0.6 is 0 Å². The second-order valence-corrected chi connectivity index (χ2v) is 9.22. The minimum atomic E-state index is -3.73. The highest BCUT2D eigenvalue weighted by atomic mass is 32.2. The summed E-state index contributed by atoms with van der Waals surface area (Å²) in [4.78, 5) is 0.190. The summed E-state index contributed by atoms with van der Waals surface area (Å²) in [5.41, 5.74) is 5.68. The van der Waals surface area contributed by atoms with Gasteiger partial charge in [-0.15, -0.1) is 0 Å². The Morgan fingerprint density at radius 1 is 0.667 bits per heavy atom. The molecule has 0 aliphatic heterocycles. The van der Waals surface area contributed by atoms with E-state index in [1.807, 2.05) is 13.0 Å². The van der Waals surface area contributed by atoms with Crippen LogP contribution in [-0.2, 0) is 20.7 Å². The number of hydrogen-bond acceptors (Lipinski definition) is 3. The maximum absolute atomic E-state index is 12.3. The molecule has 0 aliphatic rings. The lowest BCUT2D eigenvalue weighted by Crippen LogP contribution is -2.09. The fraction of sp³-hybridized carbons (Fsp3) is 0.154. The zero-order chi connectivity index (χ0) is 21.1. The zero-order valence-corrected chi connectivity index (χ0v) is 17.9. The van der Waals surface area contributed by atoms with E-state index in [0.29, 0.717) is 6.42 Å². The summed E-state index contributed by atoms with van der Waals surface area (Å²) in [6.45, 7) is 4.12. The monoisotopic (exact) mass is 416 g/mol. The summed E-state index contributed by atoms with van der Waals surface area (Å²) in [6.07, 6.45) is 0.529. The molecule has 0 bridgehead atoms. The maximum atomic E-state index is 12.3. The van der Waals surface area contributed by atoms with Crippen LogP contribution < -0.4 is 0 Å². The Bertz CT molecular complexity index is 1270. The topological polar surface area (TPSA) is 43.4 Å². The number of hydrogen-bond donors (Lipinski definition) is 0. The molecule has 0 fully saturated rings. The van der Waals surface area contributed by atoms with Crippen molar-refractivity contribution in [3.8, 4) is 11.1 Å². The standard InChI is InChI=1S/C26H24O3S/c1-19-3-8-22(9-4-19)24-12-11-23-17-21(7-10-25(23)18-24)15-16-29-30(27,28)26-13-5-20(2)6-14-26/h3-14,17-18H,15-16H2,1-2H3. The molecule has 152 valence electrons. The molecule has 0 atom stereocenters. The summed E-state index contributed by atoms with van der Waals surface area (Å²) >= 11 is 0. The Labute approximate surface area is 178 Å². The van der Waals surface area contributed by atoms with Crippen molar-refractivity contribution in [2.75, 3.05) is 6.61 Å². The van der Waals surface area contributed by atoms with Crippen LogP contribution in [0.3, 0.4) is 0 Å². The van der Waals surface area contributed by atoms with Gasteiger partial charge in [-0.2, -0.15) is 8.42 Å². The fourth-order valence-electron chi connectivity index (χ4n) is 3.42. The van der Waals surface area contributed by atoms with Gasteiger partial charge in [-0.05, 0) is 65.9 Å². The summed E-state index contributed by atoms with van der Waals surface area (Å²) in [5, 5.41) is 2.29. The van der Waals surface area contributed by atoms with Crippen molar-refractivity contribution in [2.24, 2.45) is 0 Å². The molecule has 0 spiro atoms. The summed E-state index contributed by atoms with van der Waals surface area (Å²) < 4.78 is 29.9. The van der Waals surface area contributed by atoms with Gasteiger partial charge in [0.2, 0.25) is 0 Å². The normalized spacial score (nSPS) is 11.7. The first-order valence-electron chi connectivity index (χ1n) is 9.97. The third kappa shape index (κ3) is 4.61. The Kier molecular flexibility index (Phi) is 5.71. The van der Waals surface area contributed by atoms with E-state index in [2.05, 4.69) is 61.5 Å². The van der Waals surface area contributed by atoms with Gasteiger partial charge in [0.25, 0.3) is 10.1 Å². The van der Waals surface area contributed by atoms with Crippen molar-refractivity contribution in [2.45, 2.75) is 25.2 Å². The molecule has 0 unspecified atom stereocenters. The molecular formula is C26H24O3S. The lowest BCUT2D eigenvalue weighted by Gasteiger charge is -2.08. The molecule has 0 radical (unpaired) electrons. The van der Waals surface area contributed by atoms with Crippen LogP contribution in [0.1, 0.15) is 16.7 Å². The van der Waals surface area contributed by atoms with Gasteiger partial charge in [0.05, 0.1) is 11.5 Å².